The number of aromatic nitrogens is 3. The van der Waals surface area contributed by atoms with Gasteiger partial charge in [0.1, 0.15) is 0 Å². The molecule has 3 heterocycles. The number of carbonyl (C=O) groups excluding carboxylic acids is 2. The van der Waals surface area contributed by atoms with Gasteiger partial charge < -0.3 is 15.2 Å². The van der Waals surface area contributed by atoms with Gasteiger partial charge in [-0.2, -0.15) is 0 Å². The molecule has 128 valence electrons. The van der Waals surface area contributed by atoms with Crippen LogP contribution < -0.4 is 10.6 Å². The van der Waals surface area contributed by atoms with Gasteiger partial charge >= 0.3 is 11.8 Å². The predicted molar refractivity (Wildman–Crippen MR) is 95.5 cm³/mol. The summed E-state index contributed by atoms with van der Waals surface area (Å²) in [5, 5.41) is 5.63. The second kappa shape index (κ2) is 6.26. The van der Waals surface area contributed by atoms with E-state index in [-0.39, 0.29) is 0 Å². The molecule has 25 heavy (non-hydrogen) atoms. The Morgan fingerprint density at radius 2 is 2.12 bits per heavy atom. The van der Waals surface area contributed by atoms with Gasteiger partial charge in [-0.25, -0.2) is 9.97 Å². The number of hydrogen-bond acceptors (Lipinski definition) is 6. The highest BCUT2D eigenvalue weighted by atomic mass is 32.1. The quantitative estimate of drug-likeness (QED) is 0.605. The first-order valence-electron chi connectivity index (χ1n) is 7.81. The van der Waals surface area contributed by atoms with Crippen molar-refractivity contribution in [3.05, 3.63) is 35.1 Å². The molecule has 1 aromatic carbocycles. The van der Waals surface area contributed by atoms with Crippen molar-refractivity contribution in [2.24, 2.45) is 0 Å². The number of carbonyl (C=O) groups is 2. The molecule has 0 unspecified atom stereocenters. The molecule has 1 aliphatic rings. The molecule has 1 aliphatic heterocycles. The van der Waals surface area contributed by atoms with E-state index in [4.69, 9.17) is 0 Å². The highest BCUT2D eigenvalue weighted by Gasteiger charge is 2.21. The maximum Gasteiger partial charge on any atom is 0.315 e. The first-order chi connectivity index (χ1) is 12.1. The fraction of sp³-hybridized carbons (Fsp3) is 0.250. The van der Waals surface area contributed by atoms with Crippen LogP contribution in [0.15, 0.2) is 24.5 Å². The lowest BCUT2D eigenvalue weighted by Crippen LogP contribution is -2.29. The van der Waals surface area contributed by atoms with E-state index in [0.29, 0.717) is 10.8 Å². The van der Waals surface area contributed by atoms with Crippen LogP contribution in [0, 0.1) is 0 Å². The number of aromatic amines is 1. The minimum Gasteiger partial charge on any atom is -0.345 e. The number of anilines is 2. The van der Waals surface area contributed by atoms with Gasteiger partial charge in [0.05, 0.1) is 23.1 Å². The molecule has 0 atom stereocenters. The summed E-state index contributed by atoms with van der Waals surface area (Å²) in [5.41, 5.74) is 3.11. The number of amides is 2. The van der Waals surface area contributed by atoms with E-state index in [1.54, 1.807) is 24.5 Å². The molecular formula is C16H16N6O2S. The van der Waals surface area contributed by atoms with Crippen molar-refractivity contribution < 1.29 is 9.59 Å². The van der Waals surface area contributed by atoms with Crippen molar-refractivity contribution in [3.8, 4) is 0 Å². The second-order valence-electron chi connectivity index (χ2n) is 5.92. The SMILES string of the molecule is CN1CCc2nc(NC(=O)C(=O)Nc3ccc4nc[nH]c4c3)sc2C1. The van der Waals surface area contributed by atoms with E-state index < -0.39 is 11.8 Å². The number of imidazole rings is 1. The summed E-state index contributed by atoms with van der Waals surface area (Å²) in [6, 6.07) is 5.20. The van der Waals surface area contributed by atoms with Gasteiger partial charge in [0.25, 0.3) is 0 Å². The molecule has 2 aromatic heterocycles. The first kappa shape index (κ1) is 15.7. The summed E-state index contributed by atoms with van der Waals surface area (Å²) in [7, 11) is 2.05. The van der Waals surface area contributed by atoms with E-state index in [2.05, 4.69) is 30.5 Å². The van der Waals surface area contributed by atoms with Crippen molar-refractivity contribution >= 4 is 45.0 Å². The van der Waals surface area contributed by atoms with Crippen molar-refractivity contribution in [1.82, 2.24) is 19.9 Å². The van der Waals surface area contributed by atoms with Gasteiger partial charge in [0.2, 0.25) is 0 Å². The molecule has 3 N–H and O–H groups in total. The van der Waals surface area contributed by atoms with Crippen molar-refractivity contribution in [2.75, 3.05) is 24.2 Å². The van der Waals surface area contributed by atoms with Crippen LogP contribution in [-0.4, -0.2) is 45.3 Å². The van der Waals surface area contributed by atoms with E-state index in [1.807, 2.05) is 7.05 Å². The number of nitrogens with one attached hydrogen (secondary N) is 3. The number of benzene rings is 1. The molecule has 2 amide bonds. The van der Waals surface area contributed by atoms with Crippen LogP contribution in [0.3, 0.4) is 0 Å². The molecule has 0 saturated carbocycles. The molecule has 0 radical (unpaired) electrons. The first-order valence-corrected chi connectivity index (χ1v) is 8.63. The second-order valence-corrected chi connectivity index (χ2v) is 7.00. The Morgan fingerprint density at radius 1 is 1.28 bits per heavy atom. The fourth-order valence-electron chi connectivity index (χ4n) is 2.73. The third-order valence-electron chi connectivity index (χ3n) is 4.03. The standard InChI is InChI=1S/C16H16N6O2S/c1-22-5-4-11-13(7-22)25-16(20-11)21-15(24)14(23)19-9-2-3-10-12(6-9)18-8-17-10/h2-3,6,8H,4-5,7H2,1H3,(H,17,18)(H,19,23)(H,20,21,24). The van der Waals surface area contributed by atoms with Crippen LogP contribution in [0.1, 0.15) is 10.6 Å². The molecular weight excluding hydrogens is 340 g/mol. The summed E-state index contributed by atoms with van der Waals surface area (Å²) in [6.07, 6.45) is 2.43. The molecule has 4 rings (SSSR count). The van der Waals surface area contributed by atoms with Crippen LogP contribution in [0.4, 0.5) is 10.8 Å². The van der Waals surface area contributed by atoms with Crippen molar-refractivity contribution in [3.63, 3.8) is 0 Å². The van der Waals surface area contributed by atoms with Crippen LogP contribution in [-0.2, 0) is 22.6 Å². The largest absolute Gasteiger partial charge is 0.345 e. The number of likely N-dealkylation sites (N-methyl/N-ethyl adjacent to an activating group) is 1. The Morgan fingerprint density at radius 3 is 3.00 bits per heavy atom. The molecule has 0 spiro atoms. The summed E-state index contributed by atoms with van der Waals surface area (Å²) < 4.78 is 0. The van der Waals surface area contributed by atoms with Crippen molar-refractivity contribution in [2.45, 2.75) is 13.0 Å². The molecule has 0 fully saturated rings. The Bertz CT molecular complexity index is 963. The topological polar surface area (TPSA) is 103 Å². The molecule has 0 bridgehead atoms. The summed E-state index contributed by atoms with van der Waals surface area (Å²) in [6.45, 7) is 1.76. The van der Waals surface area contributed by atoms with E-state index >= 15 is 0 Å². The van der Waals surface area contributed by atoms with Crippen LogP contribution in [0.5, 0.6) is 0 Å². The van der Waals surface area contributed by atoms with Crippen molar-refractivity contribution in [1.29, 1.82) is 0 Å². The zero-order valence-corrected chi connectivity index (χ0v) is 14.3. The lowest BCUT2D eigenvalue weighted by Gasteiger charge is -2.20. The fourth-order valence-corrected chi connectivity index (χ4v) is 3.82. The minimum atomic E-state index is -0.732. The Hall–Kier alpha value is -2.78. The molecule has 8 nitrogen and oxygen atoms in total. The number of nitrogens with zero attached hydrogens (tertiary/aromatic N) is 3. The van der Waals surface area contributed by atoms with Crippen LogP contribution >= 0.6 is 11.3 Å². The zero-order valence-electron chi connectivity index (χ0n) is 13.5. The molecule has 0 aliphatic carbocycles. The molecule has 0 saturated heterocycles. The highest BCUT2D eigenvalue weighted by Crippen LogP contribution is 2.27. The lowest BCUT2D eigenvalue weighted by atomic mass is 10.2. The van der Waals surface area contributed by atoms with Gasteiger partial charge in [-0.3, -0.25) is 14.9 Å². The maximum absolute atomic E-state index is 12.1. The maximum atomic E-state index is 12.1. The molecule has 9 heteroatoms. The Kier molecular flexibility index (Phi) is 3.94. The smallest absolute Gasteiger partial charge is 0.315 e. The third kappa shape index (κ3) is 3.24. The van der Waals surface area contributed by atoms with Gasteiger partial charge in [-0.1, -0.05) is 0 Å². The monoisotopic (exact) mass is 356 g/mol. The Labute approximate surface area is 147 Å². The van der Waals surface area contributed by atoms with E-state index in [0.717, 1.165) is 41.1 Å². The average molecular weight is 356 g/mol. The van der Waals surface area contributed by atoms with Crippen LogP contribution in [0.2, 0.25) is 0 Å². The minimum absolute atomic E-state index is 0.462. The van der Waals surface area contributed by atoms with Crippen LogP contribution in [0.25, 0.3) is 11.0 Å². The molecule has 3 aromatic rings. The zero-order chi connectivity index (χ0) is 17.4. The van der Waals surface area contributed by atoms with Gasteiger partial charge in [0.15, 0.2) is 5.13 Å². The third-order valence-corrected chi connectivity index (χ3v) is 5.02. The van der Waals surface area contributed by atoms with Gasteiger partial charge in [-0.15, -0.1) is 11.3 Å². The number of rotatable bonds is 2. The number of thiazole rings is 1. The number of fused-ring (bicyclic) bond motifs is 2. The number of H-pyrrole nitrogens is 1. The van der Waals surface area contributed by atoms with Gasteiger partial charge in [-0.05, 0) is 25.2 Å². The number of hydrogen-bond donors (Lipinski definition) is 3. The van der Waals surface area contributed by atoms with E-state index in [9.17, 15) is 9.59 Å². The lowest BCUT2D eigenvalue weighted by molar-refractivity contribution is -0.132. The summed E-state index contributed by atoms with van der Waals surface area (Å²) in [5.74, 6) is -1.46. The van der Waals surface area contributed by atoms with E-state index in [1.165, 1.54) is 11.3 Å². The predicted octanol–water partition coefficient (Wildman–Crippen LogP) is 1.58. The summed E-state index contributed by atoms with van der Waals surface area (Å²) >= 11 is 1.42. The Balaban J connectivity index is 1.43. The summed E-state index contributed by atoms with van der Waals surface area (Å²) in [4.78, 5) is 39.0. The normalized spacial score (nSPS) is 14.3. The average Bonchev–Trinajstić information content (AvgIpc) is 3.19. The van der Waals surface area contributed by atoms with Gasteiger partial charge in [0, 0.05) is 30.1 Å². The highest BCUT2D eigenvalue weighted by molar-refractivity contribution is 7.16.